The summed E-state index contributed by atoms with van der Waals surface area (Å²) in [6.45, 7) is 1.68. The molecule has 1 heterocycles. The lowest BCUT2D eigenvalue weighted by Crippen LogP contribution is -2.37. The van der Waals surface area contributed by atoms with Crippen LogP contribution in [0.2, 0.25) is 0 Å². The maximum atomic E-state index is 12.0. The first-order valence-corrected chi connectivity index (χ1v) is 6.91. The highest BCUT2D eigenvalue weighted by Gasteiger charge is 2.15. The number of halogens is 1. The fourth-order valence-corrected chi connectivity index (χ4v) is 2.27. The Morgan fingerprint density at radius 1 is 1.24 bits per heavy atom. The second kappa shape index (κ2) is 8.00. The fraction of sp³-hybridized carbons (Fsp3) is 0.467. The molecule has 1 aliphatic rings. The molecule has 1 unspecified atom stereocenters. The summed E-state index contributed by atoms with van der Waals surface area (Å²) < 4.78 is 0. The number of carbonyl (C=O) groups excluding carboxylic acids is 2. The smallest absolute Gasteiger partial charge is 0.253 e. The van der Waals surface area contributed by atoms with Crippen molar-refractivity contribution >= 4 is 24.2 Å². The van der Waals surface area contributed by atoms with Gasteiger partial charge in [0.2, 0.25) is 0 Å². The average Bonchev–Trinajstić information content (AvgIpc) is 2.97. The molecular weight excluding hydrogens is 290 g/mol. The van der Waals surface area contributed by atoms with Gasteiger partial charge >= 0.3 is 0 Å². The number of benzene rings is 1. The molecule has 1 aliphatic heterocycles. The first-order valence-electron chi connectivity index (χ1n) is 6.91. The van der Waals surface area contributed by atoms with Crippen molar-refractivity contribution in [2.24, 2.45) is 0 Å². The van der Waals surface area contributed by atoms with E-state index in [4.69, 9.17) is 0 Å². The van der Waals surface area contributed by atoms with Crippen LogP contribution in [-0.2, 0) is 0 Å². The molecule has 0 spiro atoms. The maximum absolute atomic E-state index is 12.0. The first kappa shape index (κ1) is 17.5. The highest BCUT2D eigenvalue weighted by molar-refractivity contribution is 5.97. The highest BCUT2D eigenvalue weighted by atomic mass is 35.5. The molecular formula is C15H22ClN3O2. The lowest BCUT2D eigenvalue weighted by atomic mass is 10.1. The van der Waals surface area contributed by atoms with Gasteiger partial charge in [0.05, 0.1) is 0 Å². The zero-order valence-corrected chi connectivity index (χ0v) is 13.2. The van der Waals surface area contributed by atoms with Gasteiger partial charge in [0.1, 0.15) is 0 Å². The maximum Gasteiger partial charge on any atom is 0.253 e. The molecule has 116 valence electrons. The van der Waals surface area contributed by atoms with Gasteiger partial charge in [-0.1, -0.05) is 0 Å². The van der Waals surface area contributed by atoms with E-state index in [1.54, 1.807) is 38.4 Å². The van der Waals surface area contributed by atoms with Crippen LogP contribution in [0.15, 0.2) is 24.3 Å². The van der Waals surface area contributed by atoms with Crippen LogP contribution in [0.3, 0.4) is 0 Å². The van der Waals surface area contributed by atoms with Crippen molar-refractivity contribution in [3.05, 3.63) is 35.4 Å². The number of rotatable bonds is 4. The summed E-state index contributed by atoms with van der Waals surface area (Å²) in [6.07, 6.45) is 2.28. The lowest BCUT2D eigenvalue weighted by Gasteiger charge is -2.12. The Labute approximate surface area is 131 Å². The molecule has 5 nitrogen and oxygen atoms in total. The van der Waals surface area contributed by atoms with Crippen molar-refractivity contribution < 1.29 is 9.59 Å². The largest absolute Gasteiger partial charge is 0.350 e. The van der Waals surface area contributed by atoms with Gasteiger partial charge in [-0.15, -0.1) is 12.4 Å². The van der Waals surface area contributed by atoms with Gasteiger partial charge < -0.3 is 15.5 Å². The van der Waals surface area contributed by atoms with Crippen LogP contribution in [0.5, 0.6) is 0 Å². The number of amides is 2. The first-order chi connectivity index (χ1) is 9.58. The number of hydrogen-bond acceptors (Lipinski definition) is 3. The summed E-state index contributed by atoms with van der Waals surface area (Å²) >= 11 is 0. The molecule has 1 fully saturated rings. The van der Waals surface area contributed by atoms with Gasteiger partial charge in [-0.2, -0.15) is 0 Å². The van der Waals surface area contributed by atoms with Crippen LogP contribution in [0.4, 0.5) is 0 Å². The minimum atomic E-state index is -0.0949. The van der Waals surface area contributed by atoms with E-state index < -0.39 is 0 Å². The molecule has 0 aromatic heterocycles. The third-order valence-electron chi connectivity index (χ3n) is 3.47. The van der Waals surface area contributed by atoms with Crippen LogP contribution in [0.25, 0.3) is 0 Å². The average molecular weight is 312 g/mol. The molecule has 0 aliphatic carbocycles. The van der Waals surface area contributed by atoms with Crippen molar-refractivity contribution in [3.8, 4) is 0 Å². The van der Waals surface area contributed by atoms with Crippen LogP contribution < -0.4 is 10.6 Å². The summed E-state index contributed by atoms with van der Waals surface area (Å²) in [5, 5.41) is 6.25. The highest BCUT2D eigenvalue weighted by Crippen LogP contribution is 2.07. The van der Waals surface area contributed by atoms with Crippen molar-refractivity contribution in [2.75, 3.05) is 27.2 Å². The molecule has 6 heteroatoms. The third-order valence-corrected chi connectivity index (χ3v) is 3.47. The fourth-order valence-electron chi connectivity index (χ4n) is 2.27. The van der Waals surface area contributed by atoms with E-state index in [1.807, 2.05) is 0 Å². The molecule has 2 N–H and O–H groups in total. The Hall–Kier alpha value is -1.59. The molecule has 0 radical (unpaired) electrons. The summed E-state index contributed by atoms with van der Waals surface area (Å²) in [7, 11) is 3.41. The summed E-state index contributed by atoms with van der Waals surface area (Å²) in [5.74, 6) is -0.158. The zero-order chi connectivity index (χ0) is 14.5. The molecule has 0 saturated carbocycles. The van der Waals surface area contributed by atoms with Crippen LogP contribution in [-0.4, -0.2) is 49.9 Å². The van der Waals surface area contributed by atoms with E-state index in [-0.39, 0.29) is 24.2 Å². The van der Waals surface area contributed by atoms with E-state index in [0.717, 1.165) is 13.0 Å². The molecule has 0 bridgehead atoms. The van der Waals surface area contributed by atoms with Crippen LogP contribution in [0, 0.1) is 0 Å². The van der Waals surface area contributed by atoms with E-state index in [2.05, 4.69) is 10.6 Å². The molecule has 2 amide bonds. The lowest BCUT2D eigenvalue weighted by molar-refractivity contribution is 0.0826. The van der Waals surface area contributed by atoms with Gasteiger partial charge in [-0.05, 0) is 43.7 Å². The number of hydrogen-bond donors (Lipinski definition) is 2. The number of nitrogens with zero attached hydrogens (tertiary/aromatic N) is 1. The summed E-state index contributed by atoms with van der Waals surface area (Å²) in [5.41, 5.74) is 1.17. The molecule has 1 atom stereocenters. The molecule has 1 aromatic carbocycles. The van der Waals surface area contributed by atoms with Crippen molar-refractivity contribution in [1.29, 1.82) is 0 Å². The normalized spacial score (nSPS) is 17.0. The summed E-state index contributed by atoms with van der Waals surface area (Å²) in [4.78, 5) is 25.2. The Bertz CT molecular complexity index is 482. The topological polar surface area (TPSA) is 61.4 Å². The molecule has 1 saturated heterocycles. The van der Waals surface area contributed by atoms with Crippen molar-refractivity contribution in [2.45, 2.75) is 18.9 Å². The van der Waals surface area contributed by atoms with E-state index in [9.17, 15) is 9.59 Å². The molecule has 1 aromatic rings. The SMILES string of the molecule is CN(C)C(=O)c1ccc(C(=O)NCC2CCCN2)cc1.Cl. The Morgan fingerprint density at radius 2 is 1.86 bits per heavy atom. The minimum absolute atomic E-state index is 0. The van der Waals surface area contributed by atoms with Gasteiger partial charge in [0, 0.05) is 37.8 Å². The Kier molecular flexibility index (Phi) is 6.65. The standard InChI is InChI=1S/C15H21N3O2.ClH/c1-18(2)15(20)12-7-5-11(6-8-12)14(19)17-10-13-4-3-9-16-13;/h5-8,13,16H,3-4,9-10H2,1-2H3,(H,17,19);1H. The monoisotopic (exact) mass is 311 g/mol. The molecule has 21 heavy (non-hydrogen) atoms. The quantitative estimate of drug-likeness (QED) is 0.881. The van der Waals surface area contributed by atoms with Gasteiger partial charge in [0.15, 0.2) is 0 Å². The zero-order valence-electron chi connectivity index (χ0n) is 12.4. The van der Waals surface area contributed by atoms with Gasteiger partial charge in [-0.25, -0.2) is 0 Å². The summed E-state index contributed by atoms with van der Waals surface area (Å²) in [6, 6.07) is 7.13. The second-order valence-corrected chi connectivity index (χ2v) is 5.28. The van der Waals surface area contributed by atoms with E-state index in [0.29, 0.717) is 23.7 Å². The van der Waals surface area contributed by atoms with E-state index in [1.165, 1.54) is 11.3 Å². The minimum Gasteiger partial charge on any atom is -0.350 e. The third kappa shape index (κ3) is 4.72. The van der Waals surface area contributed by atoms with E-state index >= 15 is 0 Å². The van der Waals surface area contributed by atoms with Crippen molar-refractivity contribution in [3.63, 3.8) is 0 Å². The Balaban J connectivity index is 0.00000220. The van der Waals surface area contributed by atoms with Crippen molar-refractivity contribution in [1.82, 2.24) is 15.5 Å². The predicted octanol–water partition coefficient (Wildman–Crippen LogP) is 1.29. The van der Waals surface area contributed by atoms with Crippen LogP contribution in [0.1, 0.15) is 33.6 Å². The predicted molar refractivity (Wildman–Crippen MR) is 85.1 cm³/mol. The molecule has 2 rings (SSSR count). The van der Waals surface area contributed by atoms with Gasteiger partial charge in [-0.3, -0.25) is 9.59 Å². The number of nitrogens with one attached hydrogen (secondary N) is 2. The Morgan fingerprint density at radius 3 is 2.38 bits per heavy atom. The van der Waals surface area contributed by atoms with Crippen LogP contribution >= 0.6 is 12.4 Å². The second-order valence-electron chi connectivity index (χ2n) is 5.28. The number of carbonyl (C=O) groups is 2. The van der Waals surface area contributed by atoms with Gasteiger partial charge in [0.25, 0.3) is 11.8 Å².